The first kappa shape index (κ1) is 9.86. The lowest BCUT2D eigenvalue weighted by molar-refractivity contribution is -0.128. The van der Waals surface area contributed by atoms with Gasteiger partial charge in [0, 0.05) is 24.9 Å². The predicted octanol–water partition coefficient (Wildman–Crippen LogP) is 2.17. The van der Waals surface area contributed by atoms with Crippen LogP contribution in [0.4, 0.5) is 0 Å². The molecule has 13 heavy (non-hydrogen) atoms. The molecule has 0 radical (unpaired) electrons. The Labute approximate surface area is 82.8 Å². The Bertz CT molecular complexity index is 306. The van der Waals surface area contributed by atoms with E-state index in [-0.39, 0.29) is 0 Å². The molecule has 1 rings (SSSR count). The quantitative estimate of drug-likeness (QED) is 0.453. The van der Waals surface area contributed by atoms with Crippen molar-refractivity contribution in [2.45, 2.75) is 6.42 Å². The van der Waals surface area contributed by atoms with Crippen LogP contribution in [0.1, 0.15) is 5.56 Å². The van der Waals surface area contributed by atoms with Crippen LogP contribution in [0.2, 0.25) is 0 Å². The molecule has 0 saturated heterocycles. The normalized spacial score (nSPS) is 9.31. The van der Waals surface area contributed by atoms with Crippen molar-refractivity contribution in [3.63, 3.8) is 0 Å². The third-order valence-corrected chi connectivity index (χ3v) is 1.80. The van der Waals surface area contributed by atoms with Gasteiger partial charge in [0.05, 0.1) is 0 Å². The molecule has 68 valence electrons. The lowest BCUT2D eigenvalue weighted by atomic mass is 10.1. The van der Waals surface area contributed by atoms with Crippen LogP contribution in [0.25, 0.3) is 0 Å². The molecule has 0 N–H and O–H groups in total. The summed E-state index contributed by atoms with van der Waals surface area (Å²) in [6.45, 7) is 3.60. The van der Waals surface area contributed by atoms with Crippen LogP contribution in [0.3, 0.4) is 0 Å². The van der Waals surface area contributed by atoms with Gasteiger partial charge in [0.1, 0.15) is 0 Å². The monoisotopic (exact) mass is 194 g/mol. The molecule has 0 fully saturated rings. The lowest BCUT2D eigenvalue weighted by Gasteiger charge is -2.01. The molecule has 3 heteroatoms. The molecule has 0 bridgehead atoms. The van der Waals surface area contributed by atoms with Crippen LogP contribution in [-0.4, -0.2) is 5.97 Å². The Morgan fingerprint density at radius 1 is 1.38 bits per heavy atom. The first-order valence-corrected chi connectivity index (χ1v) is 4.18. The fourth-order valence-corrected chi connectivity index (χ4v) is 1.11. The van der Waals surface area contributed by atoms with E-state index >= 15 is 0 Å². The van der Waals surface area contributed by atoms with E-state index in [0.29, 0.717) is 12.0 Å². The highest BCUT2D eigenvalue weighted by Gasteiger charge is 2.07. The van der Waals surface area contributed by atoms with Crippen LogP contribution in [-0.2, 0) is 15.4 Å². The molecule has 2 nitrogen and oxygen atoms in total. The first-order chi connectivity index (χ1) is 6.24. The molecule has 0 aliphatic heterocycles. The molecule has 0 unspecified atom stereocenters. The fraction of sp³-hybridized carbons (Fsp3) is 0.100. The van der Waals surface area contributed by atoms with Crippen molar-refractivity contribution in [2.75, 3.05) is 0 Å². The van der Waals surface area contributed by atoms with Gasteiger partial charge in [-0.05, 0) is 5.56 Å². The van der Waals surface area contributed by atoms with Gasteiger partial charge in [-0.3, -0.25) is 0 Å². The SMILES string of the molecule is C=C(Cc1ccccc1)C(=O)OS. The molecule has 1 aromatic rings. The number of hydrogen-bond acceptors (Lipinski definition) is 3. The van der Waals surface area contributed by atoms with Gasteiger partial charge in [0.25, 0.3) is 0 Å². The van der Waals surface area contributed by atoms with Crippen molar-refractivity contribution >= 4 is 18.9 Å². The zero-order valence-corrected chi connectivity index (χ0v) is 7.96. The minimum absolute atomic E-state index is 0.404. The molecule has 0 spiro atoms. The van der Waals surface area contributed by atoms with E-state index in [0.717, 1.165) is 5.56 Å². The number of carbonyl (C=O) groups is 1. The Morgan fingerprint density at radius 3 is 2.54 bits per heavy atom. The van der Waals surface area contributed by atoms with Gasteiger partial charge in [-0.25, -0.2) is 4.79 Å². The van der Waals surface area contributed by atoms with Crippen molar-refractivity contribution in [2.24, 2.45) is 0 Å². The molecule has 0 aromatic heterocycles. The second kappa shape index (κ2) is 4.72. The van der Waals surface area contributed by atoms with Crippen LogP contribution in [0, 0.1) is 0 Å². The number of thiol groups is 1. The molecule has 0 aliphatic carbocycles. The largest absolute Gasteiger partial charge is 0.391 e. The average Bonchev–Trinajstić information content (AvgIpc) is 2.18. The number of rotatable bonds is 3. The minimum Gasteiger partial charge on any atom is -0.391 e. The molecule has 0 saturated carbocycles. The Kier molecular flexibility index (Phi) is 3.58. The predicted molar refractivity (Wildman–Crippen MR) is 54.4 cm³/mol. The molecule has 0 heterocycles. The van der Waals surface area contributed by atoms with Crippen molar-refractivity contribution in [3.05, 3.63) is 48.0 Å². The number of hydrogen-bond donors (Lipinski definition) is 1. The maximum absolute atomic E-state index is 10.9. The van der Waals surface area contributed by atoms with E-state index in [1.165, 1.54) is 0 Å². The maximum Gasteiger partial charge on any atom is 0.345 e. The summed E-state index contributed by atoms with van der Waals surface area (Å²) in [6, 6.07) is 9.60. The summed E-state index contributed by atoms with van der Waals surface area (Å²) in [5.74, 6) is -0.479. The summed E-state index contributed by atoms with van der Waals surface area (Å²) in [4.78, 5) is 10.9. The van der Waals surface area contributed by atoms with Crippen LogP contribution < -0.4 is 0 Å². The maximum atomic E-state index is 10.9. The van der Waals surface area contributed by atoms with E-state index in [9.17, 15) is 4.79 Å². The van der Waals surface area contributed by atoms with E-state index in [1.54, 1.807) is 0 Å². The summed E-state index contributed by atoms with van der Waals surface area (Å²) in [5, 5.41) is 0. The number of benzene rings is 1. The van der Waals surface area contributed by atoms with Crippen LogP contribution in [0.15, 0.2) is 42.5 Å². The van der Waals surface area contributed by atoms with Gasteiger partial charge < -0.3 is 4.18 Å². The third-order valence-electron chi connectivity index (χ3n) is 1.63. The summed E-state index contributed by atoms with van der Waals surface area (Å²) in [5.41, 5.74) is 1.44. The highest BCUT2D eigenvalue weighted by molar-refractivity contribution is 7.75. The van der Waals surface area contributed by atoms with E-state index in [1.807, 2.05) is 30.3 Å². The molecule has 1 aromatic carbocycles. The second-order valence-electron chi connectivity index (χ2n) is 2.64. The average molecular weight is 194 g/mol. The molecular formula is C10H10O2S. The van der Waals surface area contributed by atoms with Gasteiger partial charge in [-0.2, -0.15) is 0 Å². The third kappa shape index (κ3) is 2.95. The zero-order valence-electron chi connectivity index (χ0n) is 7.06. The van der Waals surface area contributed by atoms with Crippen molar-refractivity contribution in [3.8, 4) is 0 Å². The smallest absolute Gasteiger partial charge is 0.345 e. The van der Waals surface area contributed by atoms with Gasteiger partial charge in [0.15, 0.2) is 0 Å². The highest BCUT2D eigenvalue weighted by atomic mass is 32.1. The first-order valence-electron chi connectivity index (χ1n) is 3.81. The topological polar surface area (TPSA) is 26.3 Å². The summed E-state index contributed by atoms with van der Waals surface area (Å²) >= 11 is 3.41. The lowest BCUT2D eigenvalue weighted by Crippen LogP contribution is -2.03. The van der Waals surface area contributed by atoms with Gasteiger partial charge >= 0.3 is 5.97 Å². The fourth-order valence-electron chi connectivity index (χ4n) is 0.979. The van der Waals surface area contributed by atoms with E-state index in [2.05, 4.69) is 23.7 Å². The van der Waals surface area contributed by atoms with Crippen molar-refractivity contribution in [1.29, 1.82) is 0 Å². The van der Waals surface area contributed by atoms with E-state index in [4.69, 9.17) is 0 Å². The molecular weight excluding hydrogens is 184 g/mol. The van der Waals surface area contributed by atoms with Crippen molar-refractivity contribution < 1.29 is 8.98 Å². The molecule has 0 aliphatic rings. The zero-order chi connectivity index (χ0) is 9.68. The molecule has 0 atom stereocenters. The molecule has 0 amide bonds. The second-order valence-corrected chi connectivity index (χ2v) is 2.83. The Balaban J connectivity index is 2.60. The summed E-state index contributed by atoms with van der Waals surface area (Å²) < 4.78 is 4.24. The standard InChI is InChI=1S/C10H10O2S/c1-8(10(11)12-13)7-9-5-3-2-4-6-9/h2-6,13H,1,7H2. The number of carbonyl (C=O) groups excluding carboxylic acids is 1. The Morgan fingerprint density at radius 2 is 2.00 bits per heavy atom. The van der Waals surface area contributed by atoms with Crippen LogP contribution in [0.5, 0.6) is 0 Å². The minimum atomic E-state index is -0.479. The van der Waals surface area contributed by atoms with Crippen molar-refractivity contribution in [1.82, 2.24) is 0 Å². The highest BCUT2D eigenvalue weighted by Crippen LogP contribution is 2.07. The van der Waals surface area contributed by atoms with Crippen LogP contribution >= 0.6 is 12.9 Å². The van der Waals surface area contributed by atoms with Gasteiger partial charge in [-0.15, -0.1) is 0 Å². The summed E-state index contributed by atoms with van der Waals surface area (Å²) in [7, 11) is 0. The summed E-state index contributed by atoms with van der Waals surface area (Å²) in [6.07, 6.45) is 0.500. The van der Waals surface area contributed by atoms with Gasteiger partial charge in [-0.1, -0.05) is 36.9 Å². The Hall–Kier alpha value is -1.22. The van der Waals surface area contributed by atoms with E-state index < -0.39 is 5.97 Å². The van der Waals surface area contributed by atoms with Gasteiger partial charge in [0.2, 0.25) is 0 Å².